The monoisotopic (exact) mass is 279 g/mol. The summed E-state index contributed by atoms with van der Waals surface area (Å²) in [5.41, 5.74) is 1.61. The number of nitrogens with zero attached hydrogens (tertiary/aromatic N) is 2. The molecule has 1 heterocycles. The molecule has 0 atom stereocenters. The maximum atomic E-state index is 12.2. The topological polar surface area (TPSA) is 67.2 Å². The number of hydrogen-bond donors (Lipinski definition) is 2. The van der Waals surface area contributed by atoms with Gasteiger partial charge in [-0.15, -0.1) is 0 Å². The van der Waals surface area contributed by atoms with E-state index in [1.807, 2.05) is 19.9 Å². The van der Waals surface area contributed by atoms with E-state index in [0.717, 1.165) is 37.8 Å². The molecule has 5 heteroatoms. The number of aryl methyl sites for hydroxylation is 2. The van der Waals surface area contributed by atoms with Gasteiger partial charge in [0.1, 0.15) is 5.69 Å². The molecule has 0 aliphatic heterocycles. The average Bonchev–Trinajstić information content (AvgIpc) is 2.90. The highest BCUT2D eigenvalue weighted by molar-refractivity contribution is 5.92. The number of carbonyl (C=O) groups is 1. The Balaban J connectivity index is 1.89. The Hall–Kier alpha value is -1.36. The van der Waals surface area contributed by atoms with E-state index in [2.05, 4.69) is 10.4 Å². The van der Waals surface area contributed by atoms with E-state index in [9.17, 15) is 9.90 Å². The average molecular weight is 279 g/mol. The Kier molecular flexibility index (Phi) is 5.17. The third kappa shape index (κ3) is 3.60. The summed E-state index contributed by atoms with van der Waals surface area (Å²) in [5, 5.41) is 16.9. The van der Waals surface area contributed by atoms with Crippen molar-refractivity contribution in [2.45, 2.75) is 58.6 Å². The molecule has 0 saturated heterocycles. The lowest BCUT2D eigenvalue weighted by molar-refractivity contribution is 0.0901. The third-order valence-electron chi connectivity index (χ3n) is 4.09. The van der Waals surface area contributed by atoms with Gasteiger partial charge in [-0.2, -0.15) is 5.10 Å². The lowest BCUT2D eigenvalue weighted by Gasteiger charge is -2.25. The van der Waals surface area contributed by atoms with Crippen LogP contribution < -0.4 is 5.32 Å². The van der Waals surface area contributed by atoms with Crippen molar-refractivity contribution in [3.63, 3.8) is 0 Å². The molecule has 2 rings (SSSR count). The maximum Gasteiger partial charge on any atom is 0.269 e. The lowest BCUT2D eigenvalue weighted by Crippen LogP contribution is -2.33. The summed E-state index contributed by atoms with van der Waals surface area (Å²) >= 11 is 0. The molecule has 0 radical (unpaired) electrons. The molecule has 0 unspecified atom stereocenters. The molecule has 1 saturated carbocycles. The van der Waals surface area contributed by atoms with Crippen molar-refractivity contribution in [3.05, 3.63) is 17.5 Å². The minimum Gasteiger partial charge on any atom is -0.393 e. The number of aromatic nitrogens is 2. The quantitative estimate of drug-likeness (QED) is 0.863. The first-order chi connectivity index (χ1) is 9.63. The van der Waals surface area contributed by atoms with E-state index in [-0.39, 0.29) is 12.0 Å². The standard InChI is InChI=1S/C15H25N3O2/c1-3-12-9-14(18(4-2)17-12)15(20)16-10-11-5-7-13(19)8-6-11/h9,11,13,19H,3-8,10H2,1-2H3,(H,16,20). The van der Waals surface area contributed by atoms with Gasteiger partial charge in [-0.3, -0.25) is 9.48 Å². The molecular formula is C15H25N3O2. The highest BCUT2D eigenvalue weighted by Gasteiger charge is 2.21. The Morgan fingerprint density at radius 3 is 2.70 bits per heavy atom. The van der Waals surface area contributed by atoms with Crippen LogP contribution in [0.4, 0.5) is 0 Å². The predicted octanol–water partition coefficient (Wildman–Crippen LogP) is 1.75. The highest BCUT2D eigenvalue weighted by atomic mass is 16.3. The zero-order valence-electron chi connectivity index (χ0n) is 12.4. The van der Waals surface area contributed by atoms with Crippen molar-refractivity contribution in [3.8, 4) is 0 Å². The smallest absolute Gasteiger partial charge is 0.269 e. The molecule has 112 valence electrons. The first-order valence-electron chi connectivity index (χ1n) is 7.67. The van der Waals surface area contributed by atoms with Gasteiger partial charge >= 0.3 is 0 Å². The fourth-order valence-corrected chi connectivity index (χ4v) is 2.74. The molecular weight excluding hydrogens is 254 g/mol. The molecule has 1 aliphatic carbocycles. The zero-order valence-corrected chi connectivity index (χ0v) is 12.4. The van der Waals surface area contributed by atoms with Crippen LogP contribution in [0.1, 0.15) is 55.7 Å². The van der Waals surface area contributed by atoms with Crippen LogP contribution >= 0.6 is 0 Å². The van der Waals surface area contributed by atoms with E-state index in [1.54, 1.807) is 4.68 Å². The Bertz CT molecular complexity index is 448. The number of aliphatic hydroxyl groups is 1. The summed E-state index contributed by atoms with van der Waals surface area (Å²) in [4.78, 5) is 12.2. The van der Waals surface area contributed by atoms with Crippen LogP contribution in [0.25, 0.3) is 0 Å². The second-order valence-corrected chi connectivity index (χ2v) is 5.57. The Labute approximate surface area is 120 Å². The van der Waals surface area contributed by atoms with Gasteiger partial charge in [0.05, 0.1) is 11.8 Å². The third-order valence-corrected chi connectivity index (χ3v) is 4.09. The van der Waals surface area contributed by atoms with Crippen LogP contribution in [0.3, 0.4) is 0 Å². The Morgan fingerprint density at radius 1 is 1.40 bits per heavy atom. The minimum atomic E-state index is -0.143. The number of carbonyl (C=O) groups excluding carboxylic acids is 1. The van der Waals surface area contributed by atoms with Crippen molar-refractivity contribution >= 4 is 5.91 Å². The van der Waals surface area contributed by atoms with E-state index in [1.165, 1.54) is 0 Å². The van der Waals surface area contributed by atoms with Gasteiger partial charge in [0.25, 0.3) is 5.91 Å². The second-order valence-electron chi connectivity index (χ2n) is 5.57. The van der Waals surface area contributed by atoms with E-state index >= 15 is 0 Å². The minimum absolute atomic E-state index is 0.0369. The van der Waals surface area contributed by atoms with Crippen LogP contribution in [-0.4, -0.2) is 33.4 Å². The first-order valence-corrected chi connectivity index (χ1v) is 7.67. The molecule has 2 N–H and O–H groups in total. The van der Waals surface area contributed by atoms with Crippen LogP contribution in [0.5, 0.6) is 0 Å². The van der Waals surface area contributed by atoms with Gasteiger partial charge in [0, 0.05) is 13.1 Å². The van der Waals surface area contributed by atoms with Gasteiger partial charge in [0.2, 0.25) is 0 Å². The number of amides is 1. The molecule has 1 aromatic heterocycles. The van der Waals surface area contributed by atoms with Crippen molar-refractivity contribution in [2.24, 2.45) is 5.92 Å². The van der Waals surface area contributed by atoms with Crippen LogP contribution in [0, 0.1) is 5.92 Å². The summed E-state index contributed by atoms with van der Waals surface area (Å²) in [6, 6.07) is 1.88. The first kappa shape index (κ1) is 15.0. The summed E-state index contributed by atoms with van der Waals surface area (Å²) in [6.45, 7) is 5.43. The molecule has 0 spiro atoms. The summed E-state index contributed by atoms with van der Waals surface area (Å²) in [5.74, 6) is 0.455. The van der Waals surface area contributed by atoms with E-state index in [0.29, 0.717) is 24.7 Å². The second kappa shape index (κ2) is 6.88. The van der Waals surface area contributed by atoms with Gasteiger partial charge in [0.15, 0.2) is 0 Å². The van der Waals surface area contributed by atoms with Crippen molar-refractivity contribution in [1.82, 2.24) is 15.1 Å². The SMILES string of the molecule is CCc1cc(C(=O)NCC2CCC(O)CC2)n(CC)n1. The summed E-state index contributed by atoms with van der Waals surface area (Å²) in [6.07, 6.45) is 4.40. The maximum absolute atomic E-state index is 12.2. The highest BCUT2D eigenvalue weighted by Crippen LogP contribution is 2.23. The van der Waals surface area contributed by atoms with Gasteiger partial charge < -0.3 is 10.4 Å². The lowest BCUT2D eigenvalue weighted by atomic mass is 9.87. The molecule has 1 aromatic rings. The fourth-order valence-electron chi connectivity index (χ4n) is 2.74. The number of hydrogen-bond acceptors (Lipinski definition) is 3. The van der Waals surface area contributed by atoms with Gasteiger partial charge in [-0.05, 0) is 51.0 Å². The van der Waals surface area contributed by atoms with Crippen LogP contribution in [0.2, 0.25) is 0 Å². The van der Waals surface area contributed by atoms with Crippen molar-refractivity contribution < 1.29 is 9.90 Å². The van der Waals surface area contributed by atoms with Crippen molar-refractivity contribution in [2.75, 3.05) is 6.54 Å². The van der Waals surface area contributed by atoms with Gasteiger partial charge in [-0.25, -0.2) is 0 Å². The predicted molar refractivity (Wildman–Crippen MR) is 77.6 cm³/mol. The normalized spacial score (nSPS) is 22.8. The van der Waals surface area contributed by atoms with Crippen LogP contribution in [-0.2, 0) is 13.0 Å². The zero-order chi connectivity index (χ0) is 14.5. The van der Waals surface area contributed by atoms with Crippen LogP contribution in [0.15, 0.2) is 6.07 Å². The fraction of sp³-hybridized carbons (Fsp3) is 0.733. The van der Waals surface area contributed by atoms with E-state index < -0.39 is 0 Å². The largest absolute Gasteiger partial charge is 0.393 e. The number of rotatable bonds is 5. The molecule has 1 fully saturated rings. The summed E-state index contributed by atoms with van der Waals surface area (Å²) in [7, 11) is 0. The molecule has 1 aliphatic rings. The molecule has 0 aromatic carbocycles. The summed E-state index contributed by atoms with van der Waals surface area (Å²) < 4.78 is 1.76. The molecule has 5 nitrogen and oxygen atoms in total. The van der Waals surface area contributed by atoms with Crippen molar-refractivity contribution in [1.29, 1.82) is 0 Å². The molecule has 1 amide bonds. The number of aliphatic hydroxyl groups excluding tert-OH is 1. The van der Waals surface area contributed by atoms with Gasteiger partial charge in [-0.1, -0.05) is 6.92 Å². The number of nitrogens with one attached hydrogen (secondary N) is 1. The van der Waals surface area contributed by atoms with E-state index in [4.69, 9.17) is 0 Å². The Morgan fingerprint density at radius 2 is 2.10 bits per heavy atom. The molecule has 0 bridgehead atoms. The molecule has 20 heavy (non-hydrogen) atoms.